The monoisotopic (exact) mass is 334 g/mol. The molecule has 24 heavy (non-hydrogen) atoms. The third-order valence-electron chi connectivity index (χ3n) is 4.42. The Labute approximate surface area is 147 Å². The molecule has 1 N–H and O–H groups in total. The number of hydrogen-bond acceptors (Lipinski definition) is 4. The molecule has 0 amide bonds. The molecule has 0 fully saturated rings. The summed E-state index contributed by atoms with van der Waals surface area (Å²) in [6.07, 6.45) is 6.40. The third kappa shape index (κ3) is 6.70. The second-order valence-electron chi connectivity index (χ2n) is 6.56. The standard InChI is InChI=1S/C20H34N2O2/c1-3-5-11-22(12-6-4-2)13-7-10-21-17-18-8-9-19-20(16-18)24-15-14-23-19/h8-9,16,21H,3-7,10-15,17H2,1-2H3. The van der Waals surface area contributed by atoms with Gasteiger partial charge in [-0.1, -0.05) is 32.8 Å². The third-order valence-corrected chi connectivity index (χ3v) is 4.42. The van der Waals surface area contributed by atoms with Gasteiger partial charge in [-0.25, -0.2) is 0 Å². The maximum absolute atomic E-state index is 5.64. The van der Waals surface area contributed by atoms with Crippen molar-refractivity contribution in [2.75, 3.05) is 39.4 Å². The molecule has 0 aromatic heterocycles. The van der Waals surface area contributed by atoms with Gasteiger partial charge in [0.25, 0.3) is 0 Å². The zero-order chi connectivity index (χ0) is 17.0. The van der Waals surface area contributed by atoms with Crippen LogP contribution in [0.15, 0.2) is 18.2 Å². The van der Waals surface area contributed by atoms with Crippen molar-refractivity contribution in [3.63, 3.8) is 0 Å². The van der Waals surface area contributed by atoms with Crippen LogP contribution in [0.3, 0.4) is 0 Å². The lowest BCUT2D eigenvalue weighted by Gasteiger charge is -2.22. The van der Waals surface area contributed by atoms with Crippen molar-refractivity contribution in [3.05, 3.63) is 23.8 Å². The Morgan fingerprint density at radius 2 is 1.58 bits per heavy atom. The largest absolute Gasteiger partial charge is 0.486 e. The molecule has 1 heterocycles. The first-order valence-corrected chi connectivity index (χ1v) is 9.65. The van der Waals surface area contributed by atoms with Crippen LogP contribution < -0.4 is 14.8 Å². The van der Waals surface area contributed by atoms with E-state index in [1.54, 1.807) is 0 Å². The predicted molar refractivity (Wildman–Crippen MR) is 100 cm³/mol. The number of ether oxygens (including phenoxy) is 2. The van der Waals surface area contributed by atoms with Crippen molar-refractivity contribution in [1.29, 1.82) is 0 Å². The van der Waals surface area contributed by atoms with E-state index in [1.165, 1.54) is 57.3 Å². The minimum atomic E-state index is 0.648. The first kappa shape index (κ1) is 19.1. The highest BCUT2D eigenvalue weighted by Crippen LogP contribution is 2.30. The molecule has 0 saturated heterocycles. The van der Waals surface area contributed by atoms with Crippen molar-refractivity contribution >= 4 is 0 Å². The fourth-order valence-electron chi connectivity index (χ4n) is 2.96. The van der Waals surface area contributed by atoms with Crippen LogP contribution in [0.25, 0.3) is 0 Å². The highest BCUT2D eigenvalue weighted by molar-refractivity contribution is 5.43. The lowest BCUT2D eigenvalue weighted by molar-refractivity contribution is 0.171. The minimum absolute atomic E-state index is 0.648. The van der Waals surface area contributed by atoms with Crippen molar-refractivity contribution in [1.82, 2.24) is 10.2 Å². The van der Waals surface area contributed by atoms with E-state index in [4.69, 9.17) is 9.47 Å². The van der Waals surface area contributed by atoms with Gasteiger partial charge in [-0.15, -0.1) is 0 Å². The van der Waals surface area contributed by atoms with E-state index in [0.717, 1.165) is 24.6 Å². The Balaban J connectivity index is 1.64. The van der Waals surface area contributed by atoms with Gasteiger partial charge in [0, 0.05) is 6.54 Å². The van der Waals surface area contributed by atoms with Crippen LogP contribution in [0.2, 0.25) is 0 Å². The molecular weight excluding hydrogens is 300 g/mol. The van der Waals surface area contributed by atoms with Crippen LogP contribution in [0.4, 0.5) is 0 Å². The molecule has 2 rings (SSSR count). The predicted octanol–water partition coefficient (Wildman–Crippen LogP) is 3.84. The van der Waals surface area contributed by atoms with Crippen LogP contribution in [-0.4, -0.2) is 44.3 Å². The minimum Gasteiger partial charge on any atom is -0.486 e. The smallest absolute Gasteiger partial charge is 0.161 e. The van der Waals surface area contributed by atoms with Gasteiger partial charge < -0.3 is 19.7 Å². The Hall–Kier alpha value is -1.26. The van der Waals surface area contributed by atoms with Gasteiger partial charge in [0.2, 0.25) is 0 Å². The molecule has 4 heteroatoms. The fraction of sp³-hybridized carbons (Fsp3) is 0.700. The summed E-state index contributed by atoms with van der Waals surface area (Å²) in [4.78, 5) is 2.62. The quantitative estimate of drug-likeness (QED) is 0.589. The van der Waals surface area contributed by atoms with Crippen molar-refractivity contribution in [3.8, 4) is 11.5 Å². The number of fused-ring (bicyclic) bond motifs is 1. The maximum atomic E-state index is 5.64. The zero-order valence-electron chi connectivity index (χ0n) is 15.5. The van der Waals surface area contributed by atoms with Crippen LogP contribution >= 0.6 is 0 Å². The van der Waals surface area contributed by atoms with E-state index < -0.39 is 0 Å². The summed E-state index contributed by atoms with van der Waals surface area (Å²) in [5.74, 6) is 1.75. The second-order valence-corrected chi connectivity index (χ2v) is 6.56. The molecule has 1 aliphatic rings. The van der Waals surface area contributed by atoms with Crippen LogP contribution in [0, 0.1) is 0 Å². The van der Waals surface area contributed by atoms with E-state index in [0.29, 0.717) is 13.2 Å². The highest BCUT2D eigenvalue weighted by atomic mass is 16.6. The molecule has 1 aromatic carbocycles. The number of hydrogen-bond donors (Lipinski definition) is 1. The molecule has 0 atom stereocenters. The SMILES string of the molecule is CCCCN(CCCC)CCCNCc1ccc2c(c1)OCCO2. The second kappa shape index (κ2) is 11.3. The van der Waals surface area contributed by atoms with E-state index in [-0.39, 0.29) is 0 Å². The first-order valence-electron chi connectivity index (χ1n) is 9.65. The van der Waals surface area contributed by atoms with E-state index in [1.807, 2.05) is 6.07 Å². The van der Waals surface area contributed by atoms with Crippen molar-refractivity contribution in [2.24, 2.45) is 0 Å². The summed E-state index contributed by atoms with van der Waals surface area (Å²) in [6, 6.07) is 6.23. The first-order chi connectivity index (χ1) is 11.8. The molecular formula is C20H34N2O2. The number of unbranched alkanes of at least 4 members (excludes halogenated alkanes) is 2. The van der Waals surface area contributed by atoms with Crippen LogP contribution in [0.1, 0.15) is 51.5 Å². The molecule has 0 aliphatic carbocycles. The molecule has 0 bridgehead atoms. The number of benzene rings is 1. The Morgan fingerprint density at radius 3 is 2.29 bits per heavy atom. The summed E-state index contributed by atoms with van der Waals surface area (Å²) in [7, 11) is 0. The Bertz CT molecular complexity index is 457. The highest BCUT2D eigenvalue weighted by Gasteiger charge is 2.11. The molecule has 1 aromatic rings. The van der Waals surface area contributed by atoms with E-state index in [9.17, 15) is 0 Å². The molecule has 4 nitrogen and oxygen atoms in total. The van der Waals surface area contributed by atoms with Gasteiger partial charge in [-0.3, -0.25) is 0 Å². The number of nitrogens with zero attached hydrogens (tertiary/aromatic N) is 1. The summed E-state index contributed by atoms with van der Waals surface area (Å²) in [5, 5.41) is 3.55. The Morgan fingerprint density at radius 1 is 0.917 bits per heavy atom. The average Bonchev–Trinajstić information content (AvgIpc) is 2.63. The van der Waals surface area contributed by atoms with Crippen LogP contribution in [-0.2, 0) is 6.54 Å². The maximum Gasteiger partial charge on any atom is 0.161 e. The molecule has 0 spiro atoms. The summed E-state index contributed by atoms with van der Waals surface area (Å²) in [5.41, 5.74) is 1.26. The van der Waals surface area contributed by atoms with Crippen molar-refractivity contribution in [2.45, 2.75) is 52.5 Å². The lowest BCUT2D eigenvalue weighted by Crippen LogP contribution is -2.29. The molecule has 0 unspecified atom stereocenters. The molecule has 1 aliphatic heterocycles. The van der Waals surface area contributed by atoms with Crippen LogP contribution in [0.5, 0.6) is 11.5 Å². The summed E-state index contributed by atoms with van der Waals surface area (Å²) in [6.45, 7) is 11.5. The topological polar surface area (TPSA) is 33.7 Å². The number of rotatable bonds is 12. The van der Waals surface area contributed by atoms with Gasteiger partial charge in [0.1, 0.15) is 13.2 Å². The normalized spacial score (nSPS) is 13.5. The zero-order valence-corrected chi connectivity index (χ0v) is 15.5. The summed E-state index contributed by atoms with van der Waals surface area (Å²) >= 11 is 0. The van der Waals surface area contributed by atoms with Gasteiger partial charge in [0.15, 0.2) is 11.5 Å². The lowest BCUT2D eigenvalue weighted by atomic mass is 10.2. The van der Waals surface area contributed by atoms with E-state index in [2.05, 4.69) is 36.2 Å². The fourth-order valence-corrected chi connectivity index (χ4v) is 2.96. The van der Waals surface area contributed by atoms with Gasteiger partial charge >= 0.3 is 0 Å². The molecule has 136 valence electrons. The van der Waals surface area contributed by atoms with E-state index >= 15 is 0 Å². The van der Waals surface area contributed by atoms with Gasteiger partial charge in [0.05, 0.1) is 0 Å². The molecule has 0 radical (unpaired) electrons. The Kier molecular flexibility index (Phi) is 9.00. The average molecular weight is 335 g/mol. The molecule has 0 saturated carbocycles. The van der Waals surface area contributed by atoms with Crippen molar-refractivity contribution < 1.29 is 9.47 Å². The van der Waals surface area contributed by atoms with Gasteiger partial charge in [-0.05, 0) is 63.1 Å². The summed E-state index contributed by atoms with van der Waals surface area (Å²) < 4.78 is 11.2. The number of nitrogens with one attached hydrogen (secondary N) is 1. The van der Waals surface area contributed by atoms with Gasteiger partial charge in [-0.2, -0.15) is 0 Å².